The fourth-order valence-corrected chi connectivity index (χ4v) is 2.98. The van der Waals surface area contributed by atoms with Crippen molar-refractivity contribution < 1.29 is 9.53 Å². The van der Waals surface area contributed by atoms with Crippen LogP contribution in [0, 0.1) is 5.92 Å². The van der Waals surface area contributed by atoms with Gasteiger partial charge in [0, 0.05) is 18.1 Å². The van der Waals surface area contributed by atoms with Crippen LogP contribution in [-0.4, -0.2) is 43.6 Å². The van der Waals surface area contributed by atoms with E-state index in [0.29, 0.717) is 19.7 Å². The number of nitrogens with zero attached hydrogens (tertiary/aromatic N) is 1. The van der Waals surface area contributed by atoms with E-state index in [9.17, 15) is 4.79 Å². The van der Waals surface area contributed by atoms with Crippen LogP contribution in [0.5, 0.6) is 0 Å². The van der Waals surface area contributed by atoms with Gasteiger partial charge in [-0.05, 0) is 30.7 Å². The Hall–Kier alpha value is -1.10. The van der Waals surface area contributed by atoms with E-state index in [-0.39, 0.29) is 17.9 Å². The maximum absolute atomic E-state index is 12.4. The van der Waals surface area contributed by atoms with Crippen LogP contribution in [-0.2, 0) is 9.53 Å². The molecule has 0 aromatic heterocycles. The van der Waals surface area contributed by atoms with Crippen LogP contribution in [0.1, 0.15) is 18.1 Å². The molecule has 4 nitrogen and oxygen atoms in total. The van der Waals surface area contributed by atoms with Crippen molar-refractivity contribution in [3.63, 3.8) is 0 Å². The minimum atomic E-state index is -0.0423. The summed E-state index contributed by atoms with van der Waals surface area (Å²) in [6.07, 6.45) is 0.904. The van der Waals surface area contributed by atoms with Gasteiger partial charge in [-0.1, -0.05) is 23.7 Å². The van der Waals surface area contributed by atoms with Gasteiger partial charge in [-0.3, -0.25) is 4.79 Å². The van der Waals surface area contributed by atoms with Gasteiger partial charge in [0.05, 0.1) is 19.1 Å². The van der Waals surface area contributed by atoms with Crippen molar-refractivity contribution in [3.05, 3.63) is 34.9 Å². The molecule has 1 aromatic carbocycles. The number of rotatable bonds is 2. The SMILES string of the molecule is O=C(C1CCNC1)N1CCOC(c2ccc(Cl)cc2)C1. The van der Waals surface area contributed by atoms with Gasteiger partial charge >= 0.3 is 0 Å². The van der Waals surface area contributed by atoms with Gasteiger partial charge in [0.15, 0.2) is 0 Å². The number of hydrogen-bond acceptors (Lipinski definition) is 3. The number of morpholine rings is 1. The third-order valence-corrected chi connectivity index (χ3v) is 4.28. The number of hydrogen-bond donors (Lipinski definition) is 1. The molecule has 2 unspecified atom stereocenters. The predicted octanol–water partition coefficient (Wildman–Crippen LogP) is 1.85. The van der Waals surface area contributed by atoms with Crippen molar-refractivity contribution in [1.82, 2.24) is 10.2 Å². The number of nitrogens with one attached hydrogen (secondary N) is 1. The summed E-state index contributed by atoms with van der Waals surface area (Å²) in [4.78, 5) is 14.4. The molecule has 2 saturated heterocycles. The van der Waals surface area contributed by atoms with Gasteiger partial charge in [-0.15, -0.1) is 0 Å². The maximum Gasteiger partial charge on any atom is 0.227 e. The lowest BCUT2D eigenvalue weighted by Crippen LogP contribution is -2.45. The van der Waals surface area contributed by atoms with Gasteiger partial charge < -0.3 is 15.0 Å². The Kier molecular flexibility index (Phi) is 4.24. The Bertz CT molecular complexity index is 471. The van der Waals surface area contributed by atoms with Crippen LogP contribution >= 0.6 is 11.6 Å². The molecule has 2 aliphatic heterocycles. The average molecular weight is 295 g/mol. The maximum atomic E-state index is 12.4. The second-order valence-corrected chi connectivity index (χ2v) is 5.82. The van der Waals surface area contributed by atoms with E-state index >= 15 is 0 Å². The van der Waals surface area contributed by atoms with Gasteiger partial charge in [-0.25, -0.2) is 0 Å². The zero-order valence-corrected chi connectivity index (χ0v) is 12.1. The van der Waals surface area contributed by atoms with Crippen molar-refractivity contribution >= 4 is 17.5 Å². The first-order valence-corrected chi connectivity index (χ1v) is 7.48. The van der Waals surface area contributed by atoms with E-state index in [1.54, 1.807) is 0 Å². The molecular formula is C15H19ClN2O2. The van der Waals surface area contributed by atoms with Crippen molar-refractivity contribution in [2.45, 2.75) is 12.5 Å². The van der Waals surface area contributed by atoms with Crippen molar-refractivity contribution in [2.24, 2.45) is 5.92 Å². The minimum Gasteiger partial charge on any atom is -0.370 e. The van der Waals surface area contributed by atoms with Crippen LogP contribution in [0.2, 0.25) is 5.02 Å². The number of benzene rings is 1. The van der Waals surface area contributed by atoms with Crippen molar-refractivity contribution in [1.29, 1.82) is 0 Å². The second kappa shape index (κ2) is 6.12. The molecule has 5 heteroatoms. The summed E-state index contributed by atoms with van der Waals surface area (Å²) in [5, 5.41) is 3.97. The van der Waals surface area contributed by atoms with E-state index in [1.165, 1.54) is 0 Å². The summed E-state index contributed by atoms with van der Waals surface area (Å²) >= 11 is 5.90. The average Bonchev–Trinajstić information content (AvgIpc) is 3.01. The fourth-order valence-electron chi connectivity index (χ4n) is 2.85. The lowest BCUT2D eigenvalue weighted by Gasteiger charge is -2.34. The Morgan fingerprint density at radius 3 is 2.85 bits per heavy atom. The molecule has 1 aromatic rings. The summed E-state index contributed by atoms with van der Waals surface area (Å²) in [6.45, 7) is 3.68. The number of ether oxygens (including phenoxy) is 1. The first-order valence-electron chi connectivity index (χ1n) is 7.10. The molecule has 0 aliphatic carbocycles. The largest absolute Gasteiger partial charge is 0.370 e. The first kappa shape index (κ1) is 13.9. The van der Waals surface area contributed by atoms with Gasteiger partial charge in [0.25, 0.3) is 0 Å². The van der Waals surface area contributed by atoms with E-state index in [2.05, 4.69) is 5.32 Å². The number of carbonyl (C=O) groups is 1. The summed E-state index contributed by atoms with van der Waals surface area (Å²) in [7, 11) is 0. The molecule has 0 saturated carbocycles. The van der Waals surface area contributed by atoms with Crippen LogP contribution in [0.4, 0.5) is 0 Å². The first-order chi connectivity index (χ1) is 9.74. The summed E-state index contributed by atoms with van der Waals surface area (Å²) < 4.78 is 5.79. The smallest absolute Gasteiger partial charge is 0.227 e. The molecule has 108 valence electrons. The van der Waals surface area contributed by atoms with Gasteiger partial charge in [0.2, 0.25) is 5.91 Å². The molecule has 0 spiro atoms. The molecule has 0 bridgehead atoms. The summed E-state index contributed by atoms with van der Waals surface area (Å²) in [6, 6.07) is 7.67. The zero-order chi connectivity index (χ0) is 13.9. The van der Waals surface area contributed by atoms with E-state index < -0.39 is 0 Å². The molecule has 2 atom stereocenters. The molecule has 0 radical (unpaired) electrons. The molecular weight excluding hydrogens is 276 g/mol. The van der Waals surface area contributed by atoms with E-state index in [4.69, 9.17) is 16.3 Å². The third-order valence-electron chi connectivity index (χ3n) is 4.03. The highest BCUT2D eigenvalue weighted by Gasteiger charge is 2.31. The lowest BCUT2D eigenvalue weighted by atomic mass is 10.0. The summed E-state index contributed by atoms with van der Waals surface area (Å²) in [5.41, 5.74) is 1.08. The van der Waals surface area contributed by atoms with Gasteiger partial charge in [0.1, 0.15) is 6.10 Å². The highest BCUT2D eigenvalue weighted by Crippen LogP contribution is 2.25. The standard InChI is InChI=1S/C15H19ClN2O2/c16-13-3-1-11(2-4-13)14-10-18(7-8-20-14)15(19)12-5-6-17-9-12/h1-4,12,14,17H,5-10H2. The molecule has 1 amide bonds. The van der Waals surface area contributed by atoms with E-state index in [1.807, 2.05) is 29.2 Å². The predicted molar refractivity (Wildman–Crippen MR) is 77.7 cm³/mol. The van der Waals surface area contributed by atoms with E-state index in [0.717, 1.165) is 30.1 Å². The van der Waals surface area contributed by atoms with Crippen LogP contribution in [0.15, 0.2) is 24.3 Å². The van der Waals surface area contributed by atoms with Crippen molar-refractivity contribution in [3.8, 4) is 0 Å². The van der Waals surface area contributed by atoms with Crippen LogP contribution < -0.4 is 5.32 Å². The molecule has 2 fully saturated rings. The molecule has 3 rings (SSSR count). The minimum absolute atomic E-state index is 0.0423. The normalized spacial score (nSPS) is 26.8. The van der Waals surface area contributed by atoms with Gasteiger partial charge in [-0.2, -0.15) is 0 Å². The van der Waals surface area contributed by atoms with Crippen LogP contribution in [0.3, 0.4) is 0 Å². The highest BCUT2D eigenvalue weighted by atomic mass is 35.5. The van der Waals surface area contributed by atoms with Crippen molar-refractivity contribution in [2.75, 3.05) is 32.8 Å². The second-order valence-electron chi connectivity index (χ2n) is 5.38. The zero-order valence-electron chi connectivity index (χ0n) is 11.3. The number of amides is 1. The number of carbonyl (C=O) groups excluding carboxylic acids is 1. The summed E-state index contributed by atoms with van der Waals surface area (Å²) in [5.74, 6) is 0.399. The molecule has 2 heterocycles. The monoisotopic (exact) mass is 294 g/mol. The molecule has 1 N–H and O–H groups in total. The Morgan fingerprint density at radius 2 is 2.15 bits per heavy atom. The molecule has 2 aliphatic rings. The number of halogens is 1. The lowest BCUT2D eigenvalue weighted by molar-refractivity contribution is -0.142. The topological polar surface area (TPSA) is 41.6 Å². The Labute approximate surface area is 124 Å². The Balaban J connectivity index is 1.66. The van der Waals surface area contributed by atoms with Crippen LogP contribution in [0.25, 0.3) is 0 Å². The third kappa shape index (κ3) is 2.97. The Morgan fingerprint density at radius 1 is 1.35 bits per heavy atom. The quantitative estimate of drug-likeness (QED) is 0.905. The fraction of sp³-hybridized carbons (Fsp3) is 0.533. The molecule has 20 heavy (non-hydrogen) atoms. The highest BCUT2D eigenvalue weighted by molar-refractivity contribution is 6.30.